The van der Waals surface area contributed by atoms with Crippen LogP contribution in [0.3, 0.4) is 0 Å². The maximum Gasteiger partial charge on any atom is 0.256 e. The van der Waals surface area contributed by atoms with Crippen molar-refractivity contribution < 1.29 is 9.59 Å². The van der Waals surface area contributed by atoms with Crippen LogP contribution in [0.2, 0.25) is 5.02 Å². The number of hydrogen-bond acceptors (Lipinski definition) is 4. The van der Waals surface area contributed by atoms with Gasteiger partial charge in [0, 0.05) is 49.9 Å². The molecule has 1 aliphatic heterocycles. The van der Waals surface area contributed by atoms with Gasteiger partial charge in [0.2, 0.25) is 0 Å². The topological polar surface area (TPSA) is 78.7 Å². The molecule has 0 radical (unpaired) electrons. The van der Waals surface area contributed by atoms with Gasteiger partial charge in [0.15, 0.2) is 0 Å². The molecule has 1 fully saturated rings. The summed E-state index contributed by atoms with van der Waals surface area (Å²) >= 11 is 6.19. The van der Waals surface area contributed by atoms with Gasteiger partial charge in [-0.05, 0) is 35.0 Å². The van der Waals surface area contributed by atoms with Gasteiger partial charge >= 0.3 is 0 Å². The van der Waals surface area contributed by atoms with Crippen molar-refractivity contribution in [1.82, 2.24) is 9.80 Å². The number of anilines is 1. The molecular weight excluding hydrogens is 412 g/mol. The molecule has 1 heterocycles. The fourth-order valence-electron chi connectivity index (χ4n) is 3.94. The van der Waals surface area contributed by atoms with Crippen molar-refractivity contribution in [3.63, 3.8) is 0 Å². The Bertz CT molecular complexity index is 1100. The maximum atomic E-state index is 13.2. The molecule has 3 N–H and O–H groups in total. The number of hydrogen-bond donors (Lipinski definition) is 2. The second kappa shape index (κ2) is 9.47. The van der Waals surface area contributed by atoms with Crippen LogP contribution >= 0.6 is 11.6 Å². The number of nitrogens with two attached hydrogens (primary N) is 1. The Labute approximate surface area is 186 Å². The molecule has 31 heavy (non-hydrogen) atoms. The third kappa shape index (κ3) is 4.71. The number of nitrogens with one attached hydrogen (secondary N) is 1. The number of halogens is 1. The van der Waals surface area contributed by atoms with Crippen molar-refractivity contribution in [2.75, 3.05) is 44.6 Å². The molecule has 0 spiro atoms. The van der Waals surface area contributed by atoms with Gasteiger partial charge in [-0.15, -0.1) is 0 Å². The molecule has 7 heteroatoms. The molecule has 1 saturated heterocycles. The van der Waals surface area contributed by atoms with Crippen LogP contribution in [0.15, 0.2) is 60.7 Å². The average molecular weight is 437 g/mol. The van der Waals surface area contributed by atoms with Gasteiger partial charge in [-0.3, -0.25) is 14.5 Å². The molecule has 4 rings (SSSR count). The van der Waals surface area contributed by atoms with Crippen molar-refractivity contribution in [1.29, 1.82) is 0 Å². The van der Waals surface area contributed by atoms with Gasteiger partial charge in [0.05, 0.1) is 11.3 Å². The minimum atomic E-state index is -0.263. The highest BCUT2D eigenvalue weighted by Gasteiger charge is 2.24. The van der Waals surface area contributed by atoms with E-state index in [0.29, 0.717) is 41.5 Å². The van der Waals surface area contributed by atoms with E-state index in [4.69, 9.17) is 17.3 Å². The van der Waals surface area contributed by atoms with Gasteiger partial charge in [0.1, 0.15) is 0 Å². The minimum absolute atomic E-state index is 0.136. The molecular formula is C24H25ClN4O2. The molecule has 160 valence electrons. The minimum Gasteiger partial charge on any atom is -0.336 e. The summed E-state index contributed by atoms with van der Waals surface area (Å²) in [5.74, 6) is -0.399. The number of carbonyl (C=O) groups excluding carboxylic acids is 2. The number of nitrogens with zero attached hydrogens (tertiary/aromatic N) is 2. The Morgan fingerprint density at radius 1 is 0.935 bits per heavy atom. The second-order valence-electron chi connectivity index (χ2n) is 7.59. The van der Waals surface area contributed by atoms with E-state index in [1.165, 1.54) is 0 Å². The van der Waals surface area contributed by atoms with Crippen molar-refractivity contribution in [3.8, 4) is 0 Å². The van der Waals surface area contributed by atoms with Gasteiger partial charge in [-0.25, -0.2) is 0 Å². The zero-order valence-corrected chi connectivity index (χ0v) is 17.9. The van der Waals surface area contributed by atoms with Crippen LogP contribution in [0.4, 0.5) is 5.69 Å². The first-order chi connectivity index (χ1) is 15.1. The van der Waals surface area contributed by atoms with E-state index >= 15 is 0 Å². The summed E-state index contributed by atoms with van der Waals surface area (Å²) in [5.41, 5.74) is 7.04. The first-order valence-corrected chi connectivity index (χ1v) is 10.7. The summed E-state index contributed by atoms with van der Waals surface area (Å²) in [4.78, 5) is 30.4. The molecule has 1 aliphatic rings. The highest BCUT2D eigenvalue weighted by molar-refractivity contribution is 6.31. The van der Waals surface area contributed by atoms with Gasteiger partial charge in [0.25, 0.3) is 11.8 Å². The lowest BCUT2D eigenvalue weighted by Gasteiger charge is -2.34. The maximum absolute atomic E-state index is 13.2. The van der Waals surface area contributed by atoms with E-state index in [2.05, 4.69) is 10.2 Å². The predicted octanol–water partition coefficient (Wildman–Crippen LogP) is 3.46. The monoisotopic (exact) mass is 436 g/mol. The third-order valence-corrected chi connectivity index (χ3v) is 5.83. The summed E-state index contributed by atoms with van der Waals surface area (Å²) in [6.07, 6.45) is 0. The SMILES string of the molecule is NCCN1CCN(C(=O)c2cc(Cl)ccc2NC(=O)c2cccc3ccccc23)CC1. The number of carbonyl (C=O) groups is 2. The molecule has 6 nitrogen and oxygen atoms in total. The Morgan fingerprint density at radius 2 is 1.68 bits per heavy atom. The van der Waals surface area contributed by atoms with E-state index < -0.39 is 0 Å². The van der Waals surface area contributed by atoms with Crippen molar-refractivity contribution >= 4 is 39.9 Å². The molecule has 0 aromatic heterocycles. The zero-order valence-electron chi connectivity index (χ0n) is 17.2. The normalized spacial score (nSPS) is 14.6. The van der Waals surface area contributed by atoms with Crippen LogP contribution in [-0.4, -0.2) is 60.9 Å². The summed E-state index contributed by atoms with van der Waals surface area (Å²) < 4.78 is 0. The molecule has 0 aliphatic carbocycles. The predicted molar refractivity (Wildman–Crippen MR) is 125 cm³/mol. The molecule has 0 saturated carbocycles. The van der Waals surface area contributed by atoms with Crippen LogP contribution in [0.5, 0.6) is 0 Å². The van der Waals surface area contributed by atoms with Gasteiger partial charge < -0.3 is 16.0 Å². The lowest BCUT2D eigenvalue weighted by atomic mass is 10.0. The molecule has 3 aromatic rings. The van der Waals surface area contributed by atoms with Crippen LogP contribution in [0, 0.1) is 0 Å². The number of fused-ring (bicyclic) bond motifs is 1. The lowest BCUT2D eigenvalue weighted by Crippen LogP contribution is -2.49. The first-order valence-electron chi connectivity index (χ1n) is 10.4. The summed E-state index contributed by atoms with van der Waals surface area (Å²) in [5, 5.41) is 5.22. The fourth-order valence-corrected chi connectivity index (χ4v) is 4.12. The van der Waals surface area contributed by atoms with Gasteiger partial charge in [-0.1, -0.05) is 48.0 Å². The number of piperazine rings is 1. The van der Waals surface area contributed by atoms with E-state index in [-0.39, 0.29) is 11.8 Å². The van der Waals surface area contributed by atoms with Crippen molar-refractivity contribution in [2.24, 2.45) is 5.73 Å². The van der Waals surface area contributed by atoms with Crippen LogP contribution in [-0.2, 0) is 0 Å². The lowest BCUT2D eigenvalue weighted by molar-refractivity contribution is 0.0642. The Morgan fingerprint density at radius 3 is 2.45 bits per heavy atom. The van der Waals surface area contributed by atoms with E-state index in [1.54, 1.807) is 29.2 Å². The van der Waals surface area contributed by atoms with Crippen molar-refractivity contribution in [3.05, 3.63) is 76.8 Å². The Balaban J connectivity index is 1.57. The highest BCUT2D eigenvalue weighted by Crippen LogP contribution is 2.25. The largest absolute Gasteiger partial charge is 0.336 e. The van der Waals surface area contributed by atoms with E-state index in [0.717, 1.165) is 30.4 Å². The van der Waals surface area contributed by atoms with Crippen molar-refractivity contribution in [2.45, 2.75) is 0 Å². The fraction of sp³-hybridized carbons (Fsp3) is 0.250. The zero-order chi connectivity index (χ0) is 21.8. The summed E-state index contributed by atoms with van der Waals surface area (Å²) in [7, 11) is 0. The molecule has 0 bridgehead atoms. The smallest absolute Gasteiger partial charge is 0.256 e. The van der Waals surface area contributed by atoms with E-state index in [9.17, 15) is 9.59 Å². The highest BCUT2D eigenvalue weighted by atomic mass is 35.5. The molecule has 0 unspecified atom stereocenters. The molecule has 2 amide bonds. The second-order valence-corrected chi connectivity index (χ2v) is 8.03. The Hall–Kier alpha value is -2.93. The standard InChI is InChI=1S/C24H25ClN4O2/c25-18-8-9-22(21(16-18)24(31)29-14-12-28(11-10-26)13-15-29)27-23(30)20-7-3-5-17-4-1-2-6-19(17)20/h1-9,16H,10-15,26H2,(H,27,30). The number of benzene rings is 3. The first kappa shape index (κ1) is 21.3. The number of rotatable bonds is 5. The Kier molecular flexibility index (Phi) is 6.51. The molecule has 0 atom stereocenters. The molecule has 3 aromatic carbocycles. The van der Waals surface area contributed by atoms with Crippen LogP contribution in [0.1, 0.15) is 20.7 Å². The average Bonchev–Trinajstić information content (AvgIpc) is 2.80. The number of amides is 2. The summed E-state index contributed by atoms with van der Waals surface area (Å²) in [6, 6.07) is 18.3. The van der Waals surface area contributed by atoms with E-state index in [1.807, 2.05) is 36.4 Å². The summed E-state index contributed by atoms with van der Waals surface area (Å²) in [6.45, 7) is 4.21. The van der Waals surface area contributed by atoms with Crippen LogP contribution < -0.4 is 11.1 Å². The third-order valence-electron chi connectivity index (χ3n) is 5.60. The van der Waals surface area contributed by atoms with Gasteiger partial charge in [-0.2, -0.15) is 0 Å². The quantitative estimate of drug-likeness (QED) is 0.642. The van der Waals surface area contributed by atoms with Crippen LogP contribution in [0.25, 0.3) is 10.8 Å².